The molecule has 0 aliphatic heterocycles. The van der Waals surface area contributed by atoms with Crippen molar-refractivity contribution in [3.63, 3.8) is 0 Å². The molecule has 0 aliphatic rings. The van der Waals surface area contributed by atoms with Crippen LogP contribution in [0.2, 0.25) is 0 Å². The summed E-state index contributed by atoms with van der Waals surface area (Å²) in [7, 11) is 0. The Morgan fingerprint density at radius 1 is 0.824 bits per heavy atom. The second kappa shape index (κ2) is 8.76. The average Bonchev–Trinajstić information content (AvgIpc) is 3.25. The molecule has 34 heavy (non-hydrogen) atoms. The Labute approximate surface area is 197 Å². The lowest BCUT2D eigenvalue weighted by molar-refractivity contribution is -0.137. The van der Waals surface area contributed by atoms with Crippen LogP contribution in [-0.4, -0.2) is 14.7 Å². The zero-order chi connectivity index (χ0) is 24.7. The highest BCUT2D eigenvalue weighted by Gasteiger charge is 2.35. The van der Waals surface area contributed by atoms with Crippen molar-refractivity contribution >= 4 is 0 Å². The van der Waals surface area contributed by atoms with Crippen molar-refractivity contribution < 1.29 is 18.3 Å². The van der Waals surface area contributed by atoms with E-state index < -0.39 is 17.3 Å². The number of nitrogens with zero attached hydrogens (tertiary/aromatic N) is 2. The summed E-state index contributed by atoms with van der Waals surface area (Å²) in [4.78, 5) is 4.42. The highest BCUT2D eigenvalue weighted by Crippen LogP contribution is 2.38. The van der Waals surface area contributed by atoms with Crippen molar-refractivity contribution in [2.45, 2.75) is 45.4 Å². The number of hydrogen-bond donors (Lipinski definition) is 1. The number of rotatable bonds is 5. The summed E-state index contributed by atoms with van der Waals surface area (Å²) in [6.07, 6.45) is -2.94. The van der Waals surface area contributed by atoms with Crippen LogP contribution in [0.1, 0.15) is 50.4 Å². The van der Waals surface area contributed by atoms with E-state index in [4.69, 9.17) is 0 Å². The standard InChI is InChI=1S/C28H27F3N2O/c1-18(2)19-9-11-20(12-10-19)21-13-15-22(16-14-21)33-17-25(27(3,4)34)32-26(33)23-7-5-6-8-24(23)28(29,30)31/h5-18,34H,1-4H3. The second-order valence-electron chi connectivity index (χ2n) is 9.25. The van der Waals surface area contributed by atoms with E-state index in [2.05, 4.69) is 43.1 Å². The molecule has 0 bridgehead atoms. The van der Waals surface area contributed by atoms with Gasteiger partial charge >= 0.3 is 6.18 Å². The van der Waals surface area contributed by atoms with Crippen LogP contribution in [0.25, 0.3) is 28.2 Å². The smallest absolute Gasteiger partial charge is 0.384 e. The van der Waals surface area contributed by atoms with Crippen LogP contribution in [0.5, 0.6) is 0 Å². The molecule has 0 atom stereocenters. The number of halogens is 3. The first-order chi connectivity index (χ1) is 15.9. The molecule has 0 saturated heterocycles. The number of benzene rings is 3. The minimum Gasteiger partial charge on any atom is -0.384 e. The molecule has 176 valence electrons. The van der Waals surface area contributed by atoms with Crippen LogP contribution in [0.4, 0.5) is 13.2 Å². The third-order valence-corrected chi connectivity index (χ3v) is 5.86. The Kier molecular flexibility index (Phi) is 6.13. The molecule has 4 aromatic rings. The van der Waals surface area contributed by atoms with Crippen molar-refractivity contribution in [1.82, 2.24) is 9.55 Å². The van der Waals surface area contributed by atoms with E-state index in [0.717, 1.165) is 17.2 Å². The van der Waals surface area contributed by atoms with Crippen molar-refractivity contribution in [3.05, 3.63) is 95.8 Å². The predicted molar refractivity (Wildman–Crippen MR) is 129 cm³/mol. The van der Waals surface area contributed by atoms with Gasteiger partial charge in [-0.25, -0.2) is 4.98 Å². The Hall–Kier alpha value is -3.38. The van der Waals surface area contributed by atoms with E-state index in [1.54, 1.807) is 30.7 Å². The molecule has 0 amide bonds. The number of aliphatic hydroxyl groups is 1. The third kappa shape index (κ3) is 4.77. The molecule has 1 N–H and O–H groups in total. The van der Waals surface area contributed by atoms with Crippen LogP contribution in [0, 0.1) is 0 Å². The maximum atomic E-state index is 13.7. The van der Waals surface area contributed by atoms with Gasteiger partial charge < -0.3 is 5.11 Å². The van der Waals surface area contributed by atoms with E-state index in [1.807, 2.05) is 24.3 Å². The second-order valence-corrected chi connectivity index (χ2v) is 9.25. The van der Waals surface area contributed by atoms with E-state index in [-0.39, 0.29) is 17.1 Å². The van der Waals surface area contributed by atoms with Crippen molar-refractivity contribution in [2.24, 2.45) is 0 Å². The van der Waals surface area contributed by atoms with Gasteiger partial charge in [0.2, 0.25) is 0 Å². The molecule has 4 rings (SSSR count). The minimum atomic E-state index is -4.53. The summed E-state index contributed by atoms with van der Waals surface area (Å²) in [5, 5.41) is 10.5. The zero-order valence-electron chi connectivity index (χ0n) is 19.6. The molecule has 6 heteroatoms. The predicted octanol–water partition coefficient (Wildman–Crippen LogP) is 7.58. The van der Waals surface area contributed by atoms with Crippen LogP contribution in [0.3, 0.4) is 0 Å². The van der Waals surface area contributed by atoms with Gasteiger partial charge in [-0.15, -0.1) is 0 Å². The molecule has 0 saturated carbocycles. The molecule has 0 unspecified atom stereocenters. The normalized spacial score (nSPS) is 12.4. The Morgan fingerprint density at radius 3 is 1.91 bits per heavy atom. The first-order valence-electron chi connectivity index (χ1n) is 11.1. The summed E-state index contributed by atoms with van der Waals surface area (Å²) in [6.45, 7) is 7.41. The lowest BCUT2D eigenvalue weighted by atomic mass is 9.99. The largest absolute Gasteiger partial charge is 0.417 e. The fourth-order valence-corrected chi connectivity index (χ4v) is 3.86. The maximum Gasteiger partial charge on any atom is 0.417 e. The van der Waals surface area contributed by atoms with Crippen molar-refractivity contribution in [3.8, 4) is 28.2 Å². The summed E-state index contributed by atoms with van der Waals surface area (Å²) < 4.78 is 42.8. The molecule has 1 heterocycles. The molecule has 1 aromatic heterocycles. The lowest BCUT2D eigenvalue weighted by Gasteiger charge is -2.14. The molecule has 3 nitrogen and oxygen atoms in total. The molecule has 0 radical (unpaired) electrons. The fourth-order valence-electron chi connectivity index (χ4n) is 3.86. The highest BCUT2D eigenvalue weighted by molar-refractivity contribution is 5.68. The van der Waals surface area contributed by atoms with Gasteiger partial charge in [-0.1, -0.05) is 68.4 Å². The first-order valence-corrected chi connectivity index (χ1v) is 11.1. The van der Waals surface area contributed by atoms with E-state index >= 15 is 0 Å². The lowest BCUT2D eigenvalue weighted by Crippen LogP contribution is -2.15. The summed E-state index contributed by atoms with van der Waals surface area (Å²) in [5.74, 6) is 0.569. The maximum absolute atomic E-state index is 13.7. The van der Waals surface area contributed by atoms with Gasteiger partial charge in [0.25, 0.3) is 0 Å². The summed E-state index contributed by atoms with van der Waals surface area (Å²) >= 11 is 0. The zero-order valence-corrected chi connectivity index (χ0v) is 19.6. The molecule has 0 spiro atoms. The molecule has 0 aliphatic carbocycles. The fraction of sp³-hybridized carbons (Fsp3) is 0.250. The summed E-state index contributed by atoms with van der Waals surface area (Å²) in [5.41, 5.74) is 2.12. The topological polar surface area (TPSA) is 38.0 Å². The first kappa shape index (κ1) is 23.8. The number of aromatic nitrogens is 2. The van der Waals surface area contributed by atoms with Gasteiger partial charge in [0.1, 0.15) is 11.4 Å². The van der Waals surface area contributed by atoms with Gasteiger partial charge in [0.05, 0.1) is 11.3 Å². The molecule has 3 aromatic carbocycles. The Bertz CT molecular complexity index is 1280. The monoisotopic (exact) mass is 464 g/mol. The quantitative estimate of drug-likeness (QED) is 0.331. The third-order valence-electron chi connectivity index (χ3n) is 5.86. The van der Waals surface area contributed by atoms with E-state index in [0.29, 0.717) is 11.6 Å². The van der Waals surface area contributed by atoms with Gasteiger partial charge in [-0.3, -0.25) is 4.57 Å². The number of alkyl halides is 3. The number of hydrogen-bond acceptors (Lipinski definition) is 2. The molecular weight excluding hydrogens is 437 g/mol. The SMILES string of the molecule is CC(C)c1ccc(-c2ccc(-n3cc(C(C)(C)O)nc3-c3ccccc3C(F)(F)F)cc2)cc1. The van der Waals surface area contributed by atoms with Crippen LogP contribution in [0.15, 0.2) is 79.0 Å². The van der Waals surface area contributed by atoms with Crippen LogP contribution < -0.4 is 0 Å². The van der Waals surface area contributed by atoms with E-state index in [1.165, 1.54) is 17.7 Å². The van der Waals surface area contributed by atoms with Crippen molar-refractivity contribution in [1.29, 1.82) is 0 Å². The van der Waals surface area contributed by atoms with Crippen molar-refractivity contribution in [2.75, 3.05) is 0 Å². The van der Waals surface area contributed by atoms with Crippen LogP contribution in [-0.2, 0) is 11.8 Å². The van der Waals surface area contributed by atoms with Gasteiger partial charge in [0.15, 0.2) is 0 Å². The molecular formula is C28H27F3N2O. The van der Waals surface area contributed by atoms with Gasteiger partial charge in [-0.05, 0) is 54.7 Å². The van der Waals surface area contributed by atoms with Gasteiger partial charge in [-0.2, -0.15) is 13.2 Å². The summed E-state index contributed by atoms with van der Waals surface area (Å²) in [6, 6.07) is 21.3. The Balaban J connectivity index is 1.80. The number of imidazole rings is 1. The molecule has 0 fully saturated rings. The average molecular weight is 465 g/mol. The minimum absolute atomic E-state index is 0.0427. The Morgan fingerprint density at radius 2 is 1.38 bits per heavy atom. The van der Waals surface area contributed by atoms with Crippen LogP contribution >= 0.6 is 0 Å². The van der Waals surface area contributed by atoms with Gasteiger partial charge in [0, 0.05) is 17.4 Å². The van der Waals surface area contributed by atoms with E-state index in [9.17, 15) is 18.3 Å². The highest BCUT2D eigenvalue weighted by atomic mass is 19.4.